The summed E-state index contributed by atoms with van der Waals surface area (Å²) in [6, 6.07) is 9.43. The first-order valence-electron chi connectivity index (χ1n) is 10.3. The number of aliphatic imine (C=N–C) groups is 1. The van der Waals surface area contributed by atoms with Crippen molar-refractivity contribution >= 4 is 11.6 Å². The molecule has 6 nitrogen and oxygen atoms in total. The van der Waals surface area contributed by atoms with Crippen LogP contribution >= 0.6 is 0 Å². The zero-order valence-electron chi connectivity index (χ0n) is 17.6. The molecule has 1 atom stereocenters. The maximum Gasteiger partial charge on any atom is 0.191 e. The van der Waals surface area contributed by atoms with Crippen LogP contribution in [0.4, 0.5) is 10.1 Å². The fourth-order valence-electron chi connectivity index (χ4n) is 3.74. The summed E-state index contributed by atoms with van der Waals surface area (Å²) in [5.74, 6) is 1.44. The fourth-order valence-corrected chi connectivity index (χ4v) is 3.74. The van der Waals surface area contributed by atoms with Gasteiger partial charge in [-0.3, -0.25) is 9.89 Å². The molecule has 0 spiro atoms. The van der Waals surface area contributed by atoms with Crippen LogP contribution < -0.4 is 15.5 Å². The molecule has 1 saturated heterocycles. The number of hydrogen-bond donors (Lipinski definition) is 2. The standard InChI is InChI=1S/C22H32FN5O/c1-24-22(25-15-17-9-10-19(27(2)3)18(23)14-17)26-16-20(21-8-7-13-29-21)28-11-5-4-6-12-28/h7-10,13-14,20H,4-6,11-12,15-16H2,1-3H3,(H2,24,25,26). The molecule has 1 aliphatic heterocycles. The second-order valence-corrected chi connectivity index (χ2v) is 7.61. The average molecular weight is 402 g/mol. The Kier molecular flexibility index (Phi) is 7.52. The summed E-state index contributed by atoms with van der Waals surface area (Å²) in [6.07, 6.45) is 5.46. The molecule has 7 heteroatoms. The van der Waals surface area contributed by atoms with Crippen molar-refractivity contribution < 1.29 is 8.81 Å². The number of piperidine rings is 1. The molecular formula is C22H32FN5O. The van der Waals surface area contributed by atoms with Crippen LogP contribution in [0.3, 0.4) is 0 Å². The molecule has 3 rings (SSSR count). The summed E-state index contributed by atoms with van der Waals surface area (Å²) < 4.78 is 19.9. The second-order valence-electron chi connectivity index (χ2n) is 7.61. The van der Waals surface area contributed by atoms with Gasteiger partial charge in [0.05, 0.1) is 18.0 Å². The minimum absolute atomic E-state index is 0.167. The Bertz CT molecular complexity index is 785. The quantitative estimate of drug-likeness (QED) is 0.550. The van der Waals surface area contributed by atoms with E-state index in [0.29, 0.717) is 24.7 Å². The van der Waals surface area contributed by atoms with Crippen LogP contribution in [0.5, 0.6) is 0 Å². The summed E-state index contributed by atoms with van der Waals surface area (Å²) in [5, 5.41) is 6.68. The van der Waals surface area contributed by atoms with Crippen LogP contribution in [-0.2, 0) is 6.54 Å². The van der Waals surface area contributed by atoms with Gasteiger partial charge >= 0.3 is 0 Å². The highest BCUT2D eigenvalue weighted by molar-refractivity contribution is 5.79. The molecule has 2 heterocycles. The van der Waals surface area contributed by atoms with Crippen molar-refractivity contribution in [2.45, 2.75) is 31.8 Å². The first-order chi connectivity index (χ1) is 14.1. The molecule has 2 N–H and O–H groups in total. The van der Waals surface area contributed by atoms with E-state index in [0.717, 1.165) is 24.4 Å². The highest BCUT2D eigenvalue weighted by Crippen LogP contribution is 2.24. The molecule has 158 valence electrons. The molecule has 0 radical (unpaired) electrons. The first-order valence-corrected chi connectivity index (χ1v) is 10.3. The monoisotopic (exact) mass is 401 g/mol. The Hall–Kier alpha value is -2.54. The topological polar surface area (TPSA) is 56.0 Å². The molecule has 0 saturated carbocycles. The van der Waals surface area contributed by atoms with E-state index in [2.05, 4.69) is 20.5 Å². The number of nitrogens with one attached hydrogen (secondary N) is 2. The molecule has 1 unspecified atom stereocenters. The van der Waals surface area contributed by atoms with Crippen LogP contribution in [-0.4, -0.2) is 51.6 Å². The van der Waals surface area contributed by atoms with Gasteiger partial charge in [0.25, 0.3) is 0 Å². The number of rotatable bonds is 7. The molecule has 29 heavy (non-hydrogen) atoms. The normalized spacial score (nSPS) is 16.5. The van der Waals surface area contributed by atoms with E-state index in [4.69, 9.17) is 4.42 Å². The van der Waals surface area contributed by atoms with Crippen molar-refractivity contribution in [3.63, 3.8) is 0 Å². The maximum atomic E-state index is 14.2. The van der Waals surface area contributed by atoms with Crippen LogP contribution in [0.25, 0.3) is 0 Å². The maximum absolute atomic E-state index is 14.2. The Morgan fingerprint density at radius 3 is 2.62 bits per heavy atom. The van der Waals surface area contributed by atoms with E-state index < -0.39 is 0 Å². The van der Waals surface area contributed by atoms with Gasteiger partial charge in [-0.2, -0.15) is 0 Å². The molecular weight excluding hydrogens is 369 g/mol. The number of furan rings is 1. The third kappa shape index (κ3) is 5.73. The predicted molar refractivity (Wildman–Crippen MR) is 116 cm³/mol. The predicted octanol–water partition coefficient (Wildman–Crippen LogP) is 3.38. The third-order valence-corrected chi connectivity index (χ3v) is 5.34. The number of guanidine groups is 1. The number of nitrogens with zero attached hydrogens (tertiary/aromatic N) is 3. The molecule has 0 amide bonds. The van der Waals surface area contributed by atoms with Crippen molar-refractivity contribution in [2.24, 2.45) is 4.99 Å². The lowest BCUT2D eigenvalue weighted by atomic mass is 10.1. The number of hydrogen-bond acceptors (Lipinski definition) is 4. The fraction of sp³-hybridized carbons (Fsp3) is 0.500. The van der Waals surface area contributed by atoms with Gasteiger partial charge in [0.1, 0.15) is 11.6 Å². The van der Waals surface area contributed by atoms with Crippen LogP contribution in [0.15, 0.2) is 46.0 Å². The SMILES string of the molecule is CN=C(NCc1ccc(N(C)C)c(F)c1)NCC(c1ccco1)N1CCCCC1. The minimum atomic E-state index is -0.222. The summed E-state index contributed by atoms with van der Waals surface area (Å²) in [6.45, 7) is 3.35. The van der Waals surface area contributed by atoms with Crippen molar-refractivity contribution in [2.75, 3.05) is 45.7 Å². The minimum Gasteiger partial charge on any atom is -0.468 e. The lowest BCUT2D eigenvalue weighted by Gasteiger charge is -2.33. The van der Waals surface area contributed by atoms with Gasteiger partial charge in [0.2, 0.25) is 0 Å². The Morgan fingerprint density at radius 1 is 1.21 bits per heavy atom. The van der Waals surface area contributed by atoms with E-state index >= 15 is 0 Å². The summed E-state index contributed by atoms with van der Waals surface area (Å²) in [4.78, 5) is 8.55. The van der Waals surface area contributed by atoms with Gasteiger partial charge in [-0.25, -0.2) is 4.39 Å². The molecule has 1 aromatic carbocycles. The van der Waals surface area contributed by atoms with Gasteiger partial charge in [-0.1, -0.05) is 12.5 Å². The largest absolute Gasteiger partial charge is 0.468 e. The lowest BCUT2D eigenvalue weighted by Crippen LogP contribution is -2.44. The van der Waals surface area contributed by atoms with Gasteiger partial charge in [0, 0.05) is 34.2 Å². The zero-order valence-corrected chi connectivity index (χ0v) is 17.6. The van der Waals surface area contributed by atoms with Gasteiger partial charge < -0.3 is 20.0 Å². The summed E-state index contributed by atoms with van der Waals surface area (Å²) >= 11 is 0. The number of halogens is 1. The Morgan fingerprint density at radius 2 is 2.00 bits per heavy atom. The van der Waals surface area contributed by atoms with Crippen molar-refractivity contribution in [3.8, 4) is 0 Å². The van der Waals surface area contributed by atoms with E-state index in [-0.39, 0.29) is 11.9 Å². The lowest BCUT2D eigenvalue weighted by molar-refractivity contribution is 0.146. The van der Waals surface area contributed by atoms with Gasteiger partial charge in [-0.15, -0.1) is 0 Å². The van der Waals surface area contributed by atoms with Crippen LogP contribution in [0.1, 0.15) is 36.6 Å². The molecule has 1 aliphatic rings. The van der Waals surface area contributed by atoms with Crippen molar-refractivity contribution in [1.82, 2.24) is 15.5 Å². The Labute approximate surface area is 172 Å². The second kappa shape index (κ2) is 10.3. The van der Waals surface area contributed by atoms with Crippen molar-refractivity contribution in [3.05, 3.63) is 53.7 Å². The van der Waals surface area contributed by atoms with E-state index in [1.54, 1.807) is 30.3 Å². The van der Waals surface area contributed by atoms with E-state index in [1.807, 2.05) is 32.3 Å². The molecule has 1 fully saturated rings. The highest BCUT2D eigenvalue weighted by Gasteiger charge is 2.24. The average Bonchev–Trinajstić information content (AvgIpc) is 3.25. The smallest absolute Gasteiger partial charge is 0.191 e. The molecule has 0 bridgehead atoms. The highest BCUT2D eigenvalue weighted by atomic mass is 19.1. The van der Waals surface area contributed by atoms with Crippen LogP contribution in [0, 0.1) is 5.82 Å². The Balaban J connectivity index is 1.58. The van der Waals surface area contributed by atoms with Gasteiger partial charge in [-0.05, 0) is 55.8 Å². The zero-order chi connectivity index (χ0) is 20.6. The molecule has 0 aliphatic carbocycles. The molecule has 1 aromatic heterocycles. The number of likely N-dealkylation sites (tertiary alicyclic amines) is 1. The van der Waals surface area contributed by atoms with E-state index in [9.17, 15) is 4.39 Å². The van der Waals surface area contributed by atoms with E-state index in [1.165, 1.54) is 19.3 Å². The first kappa shape index (κ1) is 21.2. The number of anilines is 1. The van der Waals surface area contributed by atoms with Crippen LogP contribution in [0.2, 0.25) is 0 Å². The molecule has 2 aromatic rings. The summed E-state index contributed by atoms with van der Waals surface area (Å²) in [5.41, 5.74) is 1.45. The van der Waals surface area contributed by atoms with Gasteiger partial charge in [0.15, 0.2) is 5.96 Å². The van der Waals surface area contributed by atoms with Crippen molar-refractivity contribution in [1.29, 1.82) is 0 Å². The summed E-state index contributed by atoms with van der Waals surface area (Å²) in [7, 11) is 5.41. The number of benzene rings is 1. The third-order valence-electron chi connectivity index (χ3n) is 5.34.